The van der Waals surface area contributed by atoms with E-state index < -0.39 is 5.91 Å². The first kappa shape index (κ1) is 17.8. The fraction of sp³-hybridized carbons (Fsp3) is 0.0500. The zero-order chi connectivity index (χ0) is 19.0. The molecule has 0 fully saturated rings. The van der Waals surface area contributed by atoms with E-state index in [-0.39, 0.29) is 17.2 Å². The van der Waals surface area contributed by atoms with Gasteiger partial charge in [-0.05, 0) is 59.9 Å². The number of hydrogen-bond acceptors (Lipinski definition) is 4. The maximum atomic E-state index is 13.2. The Morgan fingerprint density at radius 3 is 2.52 bits per heavy atom. The lowest BCUT2D eigenvalue weighted by atomic mass is 10.1. The van der Waals surface area contributed by atoms with Crippen molar-refractivity contribution in [3.05, 3.63) is 76.5 Å². The lowest BCUT2D eigenvalue weighted by Crippen LogP contribution is -2.38. The third-order valence-electron chi connectivity index (χ3n) is 4.18. The van der Waals surface area contributed by atoms with E-state index >= 15 is 0 Å². The Morgan fingerprint density at radius 1 is 1.15 bits per heavy atom. The van der Waals surface area contributed by atoms with Gasteiger partial charge in [-0.25, -0.2) is 4.39 Å². The summed E-state index contributed by atoms with van der Waals surface area (Å²) in [7, 11) is 0. The average molecular weight is 395 g/mol. The summed E-state index contributed by atoms with van der Waals surface area (Å²) in [6.45, 7) is 0. The van der Waals surface area contributed by atoms with Gasteiger partial charge in [0, 0.05) is 10.3 Å². The van der Waals surface area contributed by atoms with Crippen LogP contribution >= 0.6 is 23.5 Å². The number of amidine groups is 2. The molecule has 134 valence electrons. The molecule has 0 unspecified atom stereocenters. The van der Waals surface area contributed by atoms with Crippen molar-refractivity contribution in [3.63, 3.8) is 0 Å². The average Bonchev–Trinajstić information content (AvgIpc) is 3.10. The van der Waals surface area contributed by atoms with Crippen molar-refractivity contribution in [3.8, 4) is 0 Å². The molecular formula is C20H14FN3OS2. The number of benzene rings is 2. The summed E-state index contributed by atoms with van der Waals surface area (Å²) >= 11 is 2.92. The molecule has 0 aliphatic carbocycles. The highest BCUT2D eigenvalue weighted by atomic mass is 32.2. The molecule has 2 heterocycles. The third-order valence-corrected chi connectivity index (χ3v) is 5.75. The molecule has 0 spiro atoms. The maximum absolute atomic E-state index is 13.2. The molecule has 2 aliphatic rings. The topological polar surface area (TPSA) is 56.5 Å². The smallest absolute Gasteiger partial charge is 0.283 e. The molecule has 0 saturated carbocycles. The normalized spacial score (nSPS) is 17.9. The van der Waals surface area contributed by atoms with Crippen LogP contribution in [0.4, 0.5) is 4.39 Å². The molecule has 2 aromatic carbocycles. The second kappa shape index (κ2) is 7.17. The SMILES string of the molecule is CSc1ccc(C=C2C(=N)N3C(c4ccc(F)cc4)=CSC3=NC2=O)cc1. The molecular weight excluding hydrogens is 381 g/mol. The van der Waals surface area contributed by atoms with Gasteiger partial charge in [-0.3, -0.25) is 15.1 Å². The molecule has 27 heavy (non-hydrogen) atoms. The van der Waals surface area contributed by atoms with Gasteiger partial charge in [0.1, 0.15) is 11.7 Å². The Balaban J connectivity index is 1.70. The van der Waals surface area contributed by atoms with Crippen molar-refractivity contribution in [2.24, 2.45) is 4.99 Å². The minimum atomic E-state index is -0.429. The van der Waals surface area contributed by atoms with E-state index in [4.69, 9.17) is 5.41 Å². The van der Waals surface area contributed by atoms with Gasteiger partial charge in [0.15, 0.2) is 5.17 Å². The molecule has 1 N–H and O–H groups in total. The Labute approximate surface area is 164 Å². The number of carbonyl (C=O) groups is 1. The summed E-state index contributed by atoms with van der Waals surface area (Å²) < 4.78 is 13.2. The van der Waals surface area contributed by atoms with Crippen LogP contribution in [0.25, 0.3) is 11.8 Å². The summed E-state index contributed by atoms with van der Waals surface area (Å²) in [5, 5.41) is 10.8. The Bertz CT molecular complexity index is 1020. The number of carbonyl (C=O) groups excluding carboxylic acids is 1. The van der Waals surface area contributed by atoms with Crippen LogP contribution in [0, 0.1) is 11.2 Å². The molecule has 0 saturated heterocycles. The number of rotatable bonds is 3. The summed E-state index contributed by atoms with van der Waals surface area (Å²) in [6.07, 6.45) is 3.68. The summed E-state index contributed by atoms with van der Waals surface area (Å²) in [5.74, 6) is -0.682. The molecule has 7 heteroatoms. The first-order chi connectivity index (χ1) is 13.1. The molecule has 4 rings (SSSR count). The lowest BCUT2D eigenvalue weighted by Gasteiger charge is -2.26. The van der Waals surface area contributed by atoms with Crippen LogP contribution in [0.3, 0.4) is 0 Å². The Kier molecular flexibility index (Phi) is 4.72. The molecule has 2 aromatic rings. The standard InChI is InChI=1S/C20H14FN3OS2/c1-26-15-8-2-12(3-9-15)10-16-18(22)24-17(11-27-20(24)23-19(16)25)13-4-6-14(21)7-5-13/h2-11,22H,1H3. The quantitative estimate of drug-likeness (QED) is 0.596. The van der Waals surface area contributed by atoms with Crippen molar-refractivity contribution in [1.29, 1.82) is 5.41 Å². The third kappa shape index (κ3) is 3.36. The highest BCUT2D eigenvalue weighted by Gasteiger charge is 2.36. The number of fused-ring (bicyclic) bond motifs is 1. The number of amides is 1. The van der Waals surface area contributed by atoms with E-state index in [0.717, 1.165) is 16.0 Å². The number of hydrogen-bond donors (Lipinski definition) is 1. The zero-order valence-corrected chi connectivity index (χ0v) is 15.9. The van der Waals surface area contributed by atoms with Gasteiger partial charge in [0.2, 0.25) is 0 Å². The Hall–Kier alpha value is -2.64. The summed E-state index contributed by atoms with van der Waals surface area (Å²) in [5.41, 5.74) is 2.53. The van der Waals surface area contributed by atoms with Crippen LogP contribution in [0.15, 0.2) is 69.4 Å². The van der Waals surface area contributed by atoms with E-state index in [1.807, 2.05) is 35.9 Å². The summed E-state index contributed by atoms with van der Waals surface area (Å²) in [6, 6.07) is 13.8. The van der Waals surface area contributed by atoms with Crippen LogP contribution in [0.5, 0.6) is 0 Å². The summed E-state index contributed by atoms with van der Waals surface area (Å²) in [4.78, 5) is 19.3. The molecule has 1 amide bonds. The minimum absolute atomic E-state index is 0.0690. The van der Waals surface area contributed by atoms with E-state index in [0.29, 0.717) is 10.9 Å². The van der Waals surface area contributed by atoms with Crippen LogP contribution in [0.2, 0.25) is 0 Å². The zero-order valence-electron chi connectivity index (χ0n) is 14.3. The number of nitrogens with one attached hydrogen (secondary N) is 1. The van der Waals surface area contributed by atoms with Gasteiger partial charge in [0.25, 0.3) is 5.91 Å². The second-order valence-corrected chi connectivity index (χ2v) is 7.56. The minimum Gasteiger partial charge on any atom is -0.283 e. The fourth-order valence-electron chi connectivity index (χ4n) is 2.79. The number of nitrogens with zero attached hydrogens (tertiary/aromatic N) is 2. The molecule has 0 bridgehead atoms. The van der Waals surface area contributed by atoms with Gasteiger partial charge < -0.3 is 0 Å². The predicted molar refractivity (Wildman–Crippen MR) is 110 cm³/mol. The van der Waals surface area contributed by atoms with Gasteiger partial charge in [-0.15, -0.1) is 11.8 Å². The van der Waals surface area contributed by atoms with Gasteiger partial charge >= 0.3 is 0 Å². The lowest BCUT2D eigenvalue weighted by molar-refractivity contribution is -0.114. The van der Waals surface area contributed by atoms with Crippen LogP contribution < -0.4 is 0 Å². The molecule has 0 radical (unpaired) electrons. The molecule has 0 atom stereocenters. The maximum Gasteiger partial charge on any atom is 0.283 e. The Morgan fingerprint density at radius 2 is 1.85 bits per heavy atom. The first-order valence-electron chi connectivity index (χ1n) is 8.07. The highest BCUT2D eigenvalue weighted by Crippen LogP contribution is 2.37. The van der Waals surface area contributed by atoms with E-state index in [1.165, 1.54) is 23.9 Å². The molecule has 0 aromatic heterocycles. The van der Waals surface area contributed by atoms with Crippen molar-refractivity contribution in [2.45, 2.75) is 4.90 Å². The second-order valence-electron chi connectivity index (χ2n) is 5.84. The first-order valence-corrected chi connectivity index (χ1v) is 10.2. The number of aliphatic imine (C=N–C) groups is 1. The van der Waals surface area contributed by atoms with E-state index in [2.05, 4.69) is 4.99 Å². The fourth-order valence-corrected chi connectivity index (χ4v) is 4.09. The molecule has 4 nitrogen and oxygen atoms in total. The number of halogens is 1. The van der Waals surface area contributed by atoms with E-state index in [1.54, 1.807) is 34.9 Å². The number of thioether (sulfide) groups is 2. The van der Waals surface area contributed by atoms with Crippen molar-refractivity contribution >= 4 is 52.2 Å². The molecule has 2 aliphatic heterocycles. The van der Waals surface area contributed by atoms with E-state index in [9.17, 15) is 9.18 Å². The van der Waals surface area contributed by atoms with Crippen LogP contribution in [-0.4, -0.2) is 28.1 Å². The largest absolute Gasteiger partial charge is 0.283 e. The highest BCUT2D eigenvalue weighted by molar-refractivity contribution is 8.17. The van der Waals surface area contributed by atoms with Crippen molar-refractivity contribution < 1.29 is 9.18 Å². The van der Waals surface area contributed by atoms with Crippen molar-refractivity contribution in [1.82, 2.24) is 4.90 Å². The predicted octanol–water partition coefficient (Wildman–Crippen LogP) is 4.85. The van der Waals surface area contributed by atoms with Crippen molar-refractivity contribution in [2.75, 3.05) is 6.26 Å². The van der Waals surface area contributed by atoms with Gasteiger partial charge in [-0.2, -0.15) is 4.99 Å². The van der Waals surface area contributed by atoms with Crippen LogP contribution in [0.1, 0.15) is 11.1 Å². The van der Waals surface area contributed by atoms with Crippen LogP contribution in [-0.2, 0) is 4.79 Å². The monoisotopic (exact) mass is 395 g/mol. The van der Waals surface area contributed by atoms with Gasteiger partial charge in [0.05, 0.1) is 11.3 Å². The van der Waals surface area contributed by atoms with Gasteiger partial charge in [-0.1, -0.05) is 23.9 Å².